The minimum absolute atomic E-state index is 0.0878. The fourth-order valence-electron chi connectivity index (χ4n) is 4.38. The van der Waals surface area contributed by atoms with Gasteiger partial charge in [-0.1, -0.05) is 18.2 Å². The Morgan fingerprint density at radius 3 is 2.34 bits per heavy atom. The molecule has 0 aliphatic heterocycles. The third kappa shape index (κ3) is 5.87. The summed E-state index contributed by atoms with van der Waals surface area (Å²) in [4.78, 5) is 30.4. The summed E-state index contributed by atoms with van der Waals surface area (Å²) in [6.07, 6.45) is 2.90. The fourth-order valence-corrected chi connectivity index (χ4v) is 5.01. The Balaban J connectivity index is 1.39. The number of sulfone groups is 1. The van der Waals surface area contributed by atoms with Gasteiger partial charge in [-0.3, -0.25) is 10.1 Å². The van der Waals surface area contributed by atoms with Crippen molar-refractivity contribution in [2.24, 2.45) is 7.05 Å². The number of nitrogens with zero attached hydrogens (tertiary/aromatic N) is 6. The van der Waals surface area contributed by atoms with E-state index >= 15 is 0 Å². The van der Waals surface area contributed by atoms with E-state index in [0.717, 1.165) is 16.9 Å². The molecule has 0 aliphatic rings. The highest BCUT2D eigenvalue weighted by molar-refractivity contribution is 7.90. The maximum absolute atomic E-state index is 13.2. The molecule has 0 bridgehead atoms. The van der Waals surface area contributed by atoms with Gasteiger partial charge in [-0.15, -0.1) is 0 Å². The van der Waals surface area contributed by atoms with Crippen LogP contribution < -0.4 is 15.1 Å². The molecular formula is C29H28FN7O3S. The highest BCUT2D eigenvalue weighted by Crippen LogP contribution is 2.32. The zero-order valence-corrected chi connectivity index (χ0v) is 23.7. The number of nitrogens with one attached hydrogen (secondary N) is 1. The van der Waals surface area contributed by atoms with Crippen molar-refractivity contribution >= 4 is 55.9 Å². The van der Waals surface area contributed by atoms with Crippen LogP contribution in [0.2, 0.25) is 0 Å². The number of hydrogen-bond donors (Lipinski definition) is 1. The first kappa shape index (κ1) is 27.7. The molecule has 41 heavy (non-hydrogen) atoms. The van der Waals surface area contributed by atoms with E-state index in [4.69, 9.17) is 9.97 Å². The molecule has 0 radical (unpaired) electrons. The minimum Gasteiger partial charge on any atom is -0.327 e. The van der Waals surface area contributed by atoms with Crippen molar-refractivity contribution in [2.45, 2.75) is 11.3 Å². The maximum atomic E-state index is 13.2. The molecule has 2 heterocycles. The monoisotopic (exact) mass is 573 g/mol. The topological polar surface area (TPSA) is 113 Å². The van der Waals surface area contributed by atoms with Gasteiger partial charge in [0.1, 0.15) is 17.2 Å². The summed E-state index contributed by atoms with van der Waals surface area (Å²) in [7, 11) is 2.18. The lowest BCUT2D eigenvalue weighted by Gasteiger charge is -2.22. The van der Waals surface area contributed by atoms with E-state index in [1.54, 1.807) is 65.2 Å². The molecule has 1 amide bonds. The van der Waals surface area contributed by atoms with E-state index < -0.39 is 9.84 Å². The molecule has 12 heteroatoms. The van der Waals surface area contributed by atoms with Gasteiger partial charge in [-0.25, -0.2) is 22.8 Å². The number of aryl methyl sites for hydroxylation is 1. The SMILES string of the molecule is CN(c1ccc(S(C)(=O)=O)cc1)c1nccc(N(C)c2cccc3c2nc(NC(=O)Cc2ccc(F)cc2)n3C)n1. The molecule has 2 aromatic heterocycles. The number of aromatic nitrogens is 4. The van der Waals surface area contributed by atoms with Gasteiger partial charge in [-0.05, 0) is 60.2 Å². The Hall–Kier alpha value is -4.84. The number of amides is 1. The summed E-state index contributed by atoms with van der Waals surface area (Å²) in [5.41, 5.74) is 3.66. The lowest BCUT2D eigenvalue weighted by Crippen LogP contribution is -2.17. The predicted octanol–water partition coefficient (Wildman–Crippen LogP) is 4.62. The van der Waals surface area contributed by atoms with Gasteiger partial charge in [-0.2, -0.15) is 4.98 Å². The highest BCUT2D eigenvalue weighted by atomic mass is 32.2. The van der Waals surface area contributed by atoms with Crippen molar-refractivity contribution in [3.05, 3.63) is 90.4 Å². The van der Waals surface area contributed by atoms with Crippen LogP contribution >= 0.6 is 0 Å². The average molecular weight is 574 g/mol. The summed E-state index contributed by atoms with van der Waals surface area (Å²) >= 11 is 0. The van der Waals surface area contributed by atoms with Crippen LogP contribution in [-0.2, 0) is 28.1 Å². The van der Waals surface area contributed by atoms with E-state index in [9.17, 15) is 17.6 Å². The lowest BCUT2D eigenvalue weighted by atomic mass is 10.1. The van der Waals surface area contributed by atoms with Gasteiger partial charge in [0.15, 0.2) is 9.84 Å². The van der Waals surface area contributed by atoms with Crippen LogP contribution in [0.15, 0.2) is 83.9 Å². The smallest absolute Gasteiger partial charge is 0.231 e. The number of fused-ring (bicyclic) bond motifs is 1. The Kier molecular flexibility index (Phi) is 7.41. The summed E-state index contributed by atoms with van der Waals surface area (Å²) < 4.78 is 38.6. The maximum Gasteiger partial charge on any atom is 0.231 e. The number of carbonyl (C=O) groups excluding carboxylic acids is 1. The van der Waals surface area contributed by atoms with Crippen molar-refractivity contribution in [3.63, 3.8) is 0 Å². The van der Waals surface area contributed by atoms with Crippen molar-refractivity contribution in [2.75, 3.05) is 35.5 Å². The van der Waals surface area contributed by atoms with E-state index in [0.29, 0.717) is 28.8 Å². The molecule has 0 aliphatic carbocycles. The average Bonchev–Trinajstić information content (AvgIpc) is 3.28. The second-order valence-corrected chi connectivity index (χ2v) is 11.6. The lowest BCUT2D eigenvalue weighted by molar-refractivity contribution is -0.115. The number of rotatable bonds is 8. The molecule has 210 valence electrons. The number of imidazole rings is 1. The zero-order chi connectivity index (χ0) is 29.3. The number of para-hydroxylation sites is 1. The molecule has 3 aromatic carbocycles. The number of hydrogen-bond acceptors (Lipinski definition) is 8. The first-order valence-corrected chi connectivity index (χ1v) is 14.5. The molecule has 0 unspecified atom stereocenters. The first-order valence-electron chi connectivity index (χ1n) is 12.6. The zero-order valence-electron chi connectivity index (χ0n) is 22.9. The third-order valence-corrected chi connectivity index (χ3v) is 7.83. The molecule has 0 fully saturated rings. The summed E-state index contributed by atoms with van der Waals surface area (Å²) in [6.45, 7) is 0. The van der Waals surface area contributed by atoms with E-state index in [2.05, 4.69) is 10.3 Å². The Bertz CT molecular complexity index is 1840. The Morgan fingerprint density at radius 1 is 0.951 bits per heavy atom. The Labute approximate surface area is 237 Å². The molecule has 0 spiro atoms. The van der Waals surface area contributed by atoms with Gasteiger partial charge in [0, 0.05) is 39.3 Å². The largest absolute Gasteiger partial charge is 0.327 e. The second kappa shape index (κ2) is 11.0. The van der Waals surface area contributed by atoms with Crippen molar-refractivity contribution < 1.29 is 17.6 Å². The number of halogens is 1. The first-order chi connectivity index (χ1) is 19.5. The fraction of sp³-hybridized carbons (Fsp3) is 0.172. The third-order valence-electron chi connectivity index (χ3n) is 6.70. The Morgan fingerprint density at radius 2 is 1.66 bits per heavy atom. The van der Waals surface area contributed by atoms with Crippen LogP contribution in [0.4, 0.5) is 33.5 Å². The molecule has 1 N–H and O–H groups in total. The van der Waals surface area contributed by atoms with Crippen LogP contribution in [-0.4, -0.2) is 54.2 Å². The highest BCUT2D eigenvalue weighted by Gasteiger charge is 2.18. The molecule has 0 atom stereocenters. The molecular weight excluding hydrogens is 545 g/mol. The van der Waals surface area contributed by atoms with Crippen molar-refractivity contribution in [1.82, 2.24) is 19.5 Å². The van der Waals surface area contributed by atoms with Crippen molar-refractivity contribution in [1.29, 1.82) is 0 Å². The molecule has 10 nitrogen and oxygen atoms in total. The number of anilines is 5. The molecule has 0 saturated carbocycles. The van der Waals surface area contributed by atoms with Gasteiger partial charge in [0.05, 0.1) is 22.5 Å². The van der Waals surface area contributed by atoms with Crippen molar-refractivity contribution in [3.8, 4) is 0 Å². The van der Waals surface area contributed by atoms with Gasteiger partial charge < -0.3 is 14.4 Å². The summed E-state index contributed by atoms with van der Waals surface area (Å²) in [5, 5.41) is 2.85. The number of benzene rings is 3. The quantitative estimate of drug-likeness (QED) is 0.286. The predicted molar refractivity (Wildman–Crippen MR) is 157 cm³/mol. The van der Waals surface area contributed by atoms with E-state index in [-0.39, 0.29) is 23.0 Å². The summed E-state index contributed by atoms with van der Waals surface area (Å²) in [5.74, 6) is 0.788. The molecule has 5 aromatic rings. The van der Waals surface area contributed by atoms with Gasteiger partial charge in [0.2, 0.25) is 17.8 Å². The number of carbonyl (C=O) groups is 1. The standard InChI is InChI=1S/C29H28FN7O3S/c1-35(21-12-14-22(15-13-21)41(4,39)40)28-31-17-16-25(32-28)36(2)23-6-5-7-24-27(23)34-29(37(24)3)33-26(38)18-19-8-10-20(30)11-9-19/h5-17H,18H2,1-4H3,(H,33,34,38). The van der Waals surface area contributed by atoms with Crippen LogP contribution in [0, 0.1) is 5.82 Å². The van der Waals surface area contributed by atoms with Gasteiger partial charge >= 0.3 is 0 Å². The summed E-state index contributed by atoms with van der Waals surface area (Å²) in [6, 6.07) is 19.8. The van der Waals surface area contributed by atoms with Crippen LogP contribution in [0.1, 0.15) is 5.56 Å². The van der Waals surface area contributed by atoms with E-state index in [1.165, 1.54) is 18.4 Å². The van der Waals surface area contributed by atoms with E-state index in [1.807, 2.05) is 37.2 Å². The molecule has 5 rings (SSSR count). The molecule has 0 saturated heterocycles. The minimum atomic E-state index is -3.30. The normalized spacial score (nSPS) is 11.4. The van der Waals surface area contributed by atoms with Crippen LogP contribution in [0.5, 0.6) is 0 Å². The van der Waals surface area contributed by atoms with Gasteiger partial charge in [0.25, 0.3) is 0 Å². The van der Waals surface area contributed by atoms with Crippen LogP contribution in [0.3, 0.4) is 0 Å². The van der Waals surface area contributed by atoms with Crippen LogP contribution in [0.25, 0.3) is 11.0 Å². The second-order valence-electron chi connectivity index (χ2n) is 9.59.